The Kier molecular flexibility index (Phi) is 6.21. The maximum absolute atomic E-state index is 5.85. The van der Waals surface area contributed by atoms with Gasteiger partial charge in [0.15, 0.2) is 0 Å². The number of nitrogens with one attached hydrogen (secondary N) is 1. The van der Waals surface area contributed by atoms with Crippen molar-refractivity contribution in [2.75, 3.05) is 6.54 Å². The fraction of sp³-hybridized carbons (Fsp3) is 0.353. The van der Waals surface area contributed by atoms with E-state index in [-0.39, 0.29) is 0 Å². The Bertz CT molecular complexity index is 555. The number of hydrogen-bond donors (Lipinski definition) is 1. The minimum atomic E-state index is 0.529. The molecule has 0 fully saturated rings. The first-order chi connectivity index (χ1) is 10.1. The first-order valence-electron chi connectivity index (χ1n) is 7.17. The summed E-state index contributed by atoms with van der Waals surface area (Å²) >= 11 is 3.43. The highest BCUT2D eigenvalue weighted by Gasteiger charge is 2.05. The third-order valence-electron chi connectivity index (χ3n) is 3.01. The van der Waals surface area contributed by atoms with E-state index in [1.165, 1.54) is 0 Å². The number of ether oxygens (including phenoxy) is 1. The van der Waals surface area contributed by atoms with Crippen LogP contribution in [0.5, 0.6) is 5.88 Å². The summed E-state index contributed by atoms with van der Waals surface area (Å²) in [4.78, 5) is 4.34. The molecule has 0 saturated heterocycles. The molecule has 0 bridgehead atoms. The van der Waals surface area contributed by atoms with Crippen LogP contribution in [0.15, 0.2) is 47.1 Å². The highest BCUT2D eigenvalue weighted by atomic mass is 79.9. The second kappa shape index (κ2) is 8.15. The SMILES string of the molecule is CC(C)CNCc1cccnc1OCc1ccc(Br)cc1. The van der Waals surface area contributed by atoms with Crippen LogP contribution in [0.4, 0.5) is 0 Å². The van der Waals surface area contributed by atoms with Gasteiger partial charge in [-0.25, -0.2) is 4.98 Å². The Labute approximate surface area is 134 Å². The van der Waals surface area contributed by atoms with Crippen LogP contribution in [0.1, 0.15) is 25.0 Å². The Hall–Kier alpha value is -1.39. The molecule has 1 heterocycles. The van der Waals surface area contributed by atoms with Crippen LogP contribution in [0.25, 0.3) is 0 Å². The normalized spacial score (nSPS) is 10.9. The average molecular weight is 349 g/mol. The van der Waals surface area contributed by atoms with Crippen LogP contribution < -0.4 is 10.1 Å². The molecule has 4 heteroatoms. The maximum Gasteiger partial charge on any atom is 0.218 e. The lowest BCUT2D eigenvalue weighted by atomic mass is 10.2. The molecule has 0 aliphatic carbocycles. The molecule has 0 atom stereocenters. The van der Waals surface area contributed by atoms with Crippen molar-refractivity contribution in [3.05, 3.63) is 58.2 Å². The molecular formula is C17H21BrN2O. The van der Waals surface area contributed by atoms with Crippen LogP contribution in [0.3, 0.4) is 0 Å². The standard InChI is InChI=1S/C17H21BrN2O/c1-13(2)10-19-11-15-4-3-9-20-17(15)21-12-14-5-7-16(18)8-6-14/h3-9,13,19H,10-12H2,1-2H3. The number of pyridine rings is 1. The van der Waals surface area contributed by atoms with Gasteiger partial charge in [-0.3, -0.25) is 0 Å². The molecule has 1 aromatic carbocycles. The molecule has 3 nitrogen and oxygen atoms in total. The van der Waals surface area contributed by atoms with Crippen molar-refractivity contribution in [2.24, 2.45) is 5.92 Å². The van der Waals surface area contributed by atoms with E-state index in [1.54, 1.807) is 6.20 Å². The lowest BCUT2D eigenvalue weighted by molar-refractivity contribution is 0.289. The molecular weight excluding hydrogens is 328 g/mol. The van der Waals surface area contributed by atoms with Gasteiger partial charge in [0.1, 0.15) is 6.61 Å². The maximum atomic E-state index is 5.85. The average Bonchev–Trinajstić information content (AvgIpc) is 2.47. The summed E-state index contributed by atoms with van der Waals surface area (Å²) in [6, 6.07) is 12.1. The number of nitrogens with zero attached hydrogens (tertiary/aromatic N) is 1. The molecule has 0 saturated carbocycles. The van der Waals surface area contributed by atoms with Gasteiger partial charge < -0.3 is 10.1 Å². The van der Waals surface area contributed by atoms with Crippen molar-refractivity contribution in [1.82, 2.24) is 10.3 Å². The molecule has 0 unspecified atom stereocenters. The molecule has 0 aliphatic heterocycles. The lowest BCUT2D eigenvalue weighted by Crippen LogP contribution is -2.19. The van der Waals surface area contributed by atoms with Gasteiger partial charge in [0.05, 0.1) is 0 Å². The molecule has 21 heavy (non-hydrogen) atoms. The Balaban J connectivity index is 1.94. The molecule has 1 aromatic heterocycles. The molecule has 2 aromatic rings. The number of rotatable bonds is 7. The molecule has 0 amide bonds. The minimum Gasteiger partial charge on any atom is -0.473 e. The first kappa shape index (κ1) is 16.0. The van der Waals surface area contributed by atoms with Gasteiger partial charge in [-0.2, -0.15) is 0 Å². The summed E-state index contributed by atoms with van der Waals surface area (Å²) in [5, 5.41) is 3.42. The van der Waals surface area contributed by atoms with Crippen molar-refractivity contribution in [3.63, 3.8) is 0 Å². The van der Waals surface area contributed by atoms with E-state index < -0.39 is 0 Å². The van der Waals surface area contributed by atoms with Crippen molar-refractivity contribution in [1.29, 1.82) is 0 Å². The van der Waals surface area contributed by atoms with Crippen molar-refractivity contribution in [3.8, 4) is 5.88 Å². The first-order valence-corrected chi connectivity index (χ1v) is 7.96. The number of halogens is 1. The van der Waals surface area contributed by atoms with Gasteiger partial charge in [0.2, 0.25) is 5.88 Å². The number of aromatic nitrogens is 1. The van der Waals surface area contributed by atoms with E-state index in [1.807, 2.05) is 30.3 Å². The summed E-state index contributed by atoms with van der Waals surface area (Å²) < 4.78 is 6.93. The second-order valence-corrected chi connectivity index (χ2v) is 6.32. The monoisotopic (exact) mass is 348 g/mol. The van der Waals surface area contributed by atoms with Gasteiger partial charge >= 0.3 is 0 Å². The Morgan fingerprint density at radius 3 is 2.67 bits per heavy atom. The van der Waals surface area contributed by atoms with E-state index in [2.05, 4.69) is 46.1 Å². The van der Waals surface area contributed by atoms with E-state index in [0.29, 0.717) is 18.4 Å². The highest BCUT2D eigenvalue weighted by molar-refractivity contribution is 9.10. The number of hydrogen-bond acceptors (Lipinski definition) is 3. The predicted octanol–water partition coefficient (Wildman–Crippen LogP) is 4.17. The predicted molar refractivity (Wildman–Crippen MR) is 89.3 cm³/mol. The molecule has 2 rings (SSSR count). The zero-order chi connectivity index (χ0) is 15.1. The fourth-order valence-corrected chi connectivity index (χ4v) is 2.18. The molecule has 0 aliphatic rings. The van der Waals surface area contributed by atoms with E-state index in [4.69, 9.17) is 4.74 Å². The zero-order valence-corrected chi connectivity index (χ0v) is 14.1. The summed E-state index contributed by atoms with van der Waals surface area (Å²) in [5.41, 5.74) is 2.22. The van der Waals surface area contributed by atoms with Crippen LogP contribution in [-0.4, -0.2) is 11.5 Å². The van der Waals surface area contributed by atoms with E-state index in [0.717, 1.165) is 28.7 Å². The number of benzene rings is 1. The minimum absolute atomic E-state index is 0.529. The summed E-state index contributed by atoms with van der Waals surface area (Å²) in [6.45, 7) is 6.69. The van der Waals surface area contributed by atoms with Gasteiger partial charge in [-0.15, -0.1) is 0 Å². The molecule has 112 valence electrons. The zero-order valence-electron chi connectivity index (χ0n) is 12.5. The van der Waals surface area contributed by atoms with Gasteiger partial charge in [-0.05, 0) is 36.2 Å². The molecule has 0 radical (unpaired) electrons. The van der Waals surface area contributed by atoms with Crippen LogP contribution in [0.2, 0.25) is 0 Å². The summed E-state index contributed by atoms with van der Waals surface area (Å²) in [5.74, 6) is 1.34. The topological polar surface area (TPSA) is 34.2 Å². The van der Waals surface area contributed by atoms with Crippen LogP contribution >= 0.6 is 15.9 Å². The smallest absolute Gasteiger partial charge is 0.218 e. The largest absolute Gasteiger partial charge is 0.473 e. The van der Waals surface area contributed by atoms with Crippen molar-refractivity contribution >= 4 is 15.9 Å². The van der Waals surface area contributed by atoms with Crippen LogP contribution in [-0.2, 0) is 13.2 Å². The van der Waals surface area contributed by atoms with Gasteiger partial charge in [-0.1, -0.05) is 48.0 Å². The molecule has 0 spiro atoms. The van der Waals surface area contributed by atoms with Crippen molar-refractivity contribution in [2.45, 2.75) is 27.0 Å². The molecule has 1 N–H and O–H groups in total. The van der Waals surface area contributed by atoms with Gasteiger partial charge in [0, 0.05) is 22.8 Å². The van der Waals surface area contributed by atoms with Gasteiger partial charge in [0.25, 0.3) is 0 Å². The Morgan fingerprint density at radius 1 is 1.19 bits per heavy atom. The van der Waals surface area contributed by atoms with Crippen molar-refractivity contribution < 1.29 is 4.74 Å². The summed E-state index contributed by atoms with van der Waals surface area (Å²) in [7, 11) is 0. The third kappa shape index (κ3) is 5.48. The van der Waals surface area contributed by atoms with Crippen LogP contribution in [0, 0.1) is 5.92 Å². The highest BCUT2D eigenvalue weighted by Crippen LogP contribution is 2.17. The fourth-order valence-electron chi connectivity index (χ4n) is 1.92. The second-order valence-electron chi connectivity index (χ2n) is 5.41. The lowest BCUT2D eigenvalue weighted by Gasteiger charge is -2.12. The third-order valence-corrected chi connectivity index (χ3v) is 3.54. The summed E-state index contributed by atoms with van der Waals surface area (Å²) in [6.07, 6.45) is 1.77. The Morgan fingerprint density at radius 2 is 1.95 bits per heavy atom. The quantitative estimate of drug-likeness (QED) is 0.815. The van der Waals surface area contributed by atoms with E-state index in [9.17, 15) is 0 Å². The van der Waals surface area contributed by atoms with E-state index >= 15 is 0 Å².